The van der Waals surface area contributed by atoms with Crippen molar-refractivity contribution in [3.8, 4) is 0 Å². The Balaban J connectivity index is 1.86. The standard InChI is InChI=1S/C12H6Br2N2OS2/c13-6-5-9(18-10(6)14)11(17)16-12-15-7-3-1-2-4-8(7)19-12/h1-5H,(H,15,16,17). The van der Waals surface area contributed by atoms with Gasteiger partial charge in [-0.3, -0.25) is 10.1 Å². The van der Waals surface area contributed by atoms with Crippen molar-refractivity contribution < 1.29 is 4.79 Å². The van der Waals surface area contributed by atoms with E-state index in [1.54, 1.807) is 6.07 Å². The van der Waals surface area contributed by atoms with Gasteiger partial charge in [-0.1, -0.05) is 23.5 Å². The molecule has 3 nitrogen and oxygen atoms in total. The zero-order chi connectivity index (χ0) is 13.4. The molecule has 0 radical (unpaired) electrons. The van der Waals surface area contributed by atoms with E-state index in [0.717, 1.165) is 18.5 Å². The molecule has 0 aliphatic carbocycles. The number of para-hydroxylation sites is 1. The number of hydrogen-bond donors (Lipinski definition) is 1. The molecule has 19 heavy (non-hydrogen) atoms. The van der Waals surface area contributed by atoms with Gasteiger partial charge in [0.1, 0.15) is 0 Å². The van der Waals surface area contributed by atoms with Crippen molar-refractivity contribution in [1.82, 2.24) is 4.98 Å². The van der Waals surface area contributed by atoms with E-state index in [1.807, 2.05) is 24.3 Å². The second kappa shape index (κ2) is 5.32. The number of hydrogen-bond acceptors (Lipinski definition) is 4. The molecular formula is C12H6Br2N2OS2. The van der Waals surface area contributed by atoms with E-state index in [2.05, 4.69) is 42.2 Å². The van der Waals surface area contributed by atoms with E-state index in [4.69, 9.17) is 0 Å². The van der Waals surface area contributed by atoms with E-state index >= 15 is 0 Å². The first-order chi connectivity index (χ1) is 9.13. The molecule has 2 aromatic heterocycles. The Morgan fingerprint density at radius 2 is 2.00 bits per heavy atom. The minimum atomic E-state index is -0.143. The fourth-order valence-corrected chi connectivity index (χ4v) is 4.33. The van der Waals surface area contributed by atoms with Gasteiger partial charge in [-0.05, 0) is 50.1 Å². The lowest BCUT2D eigenvalue weighted by atomic mass is 10.3. The third-order valence-corrected chi connectivity index (χ3v) is 6.59. The van der Waals surface area contributed by atoms with E-state index in [-0.39, 0.29) is 5.91 Å². The van der Waals surface area contributed by atoms with Gasteiger partial charge in [-0.2, -0.15) is 0 Å². The molecule has 3 rings (SSSR count). The fraction of sp³-hybridized carbons (Fsp3) is 0. The highest BCUT2D eigenvalue weighted by molar-refractivity contribution is 9.13. The van der Waals surface area contributed by atoms with Crippen molar-refractivity contribution in [3.05, 3.63) is 43.5 Å². The van der Waals surface area contributed by atoms with Crippen LogP contribution in [0.25, 0.3) is 10.2 Å². The lowest BCUT2D eigenvalue weighted by Gasteiger charge is -1.96. The van der Waals surface area contributed by atoms with Gasteiger partial charge in [0.15, 0.2) is 5.13 Å². The molecule has 0 aliphatic heterocycles. The SMILES string of the molecule is O=C(Nc1nc2ccccc2s1)c1cc(Br)c(Br)s1. The minimum absolute atomic E-state index is 0.143. The van der Waals surface area contributed by atoms with Crippen molar-refractivity contribution in [2.75, 3.05) is 5.32 Å². The van der Waals surface area contributed by atoms with Crippen LogP contribution < -0.4 is 5.32 Å². The van der Waals surface area contributed by atoms with Crippen molar-refractivity contribution in [3.63, 3.8) is 0 Å². The monoisotopic (exact) mass is 416 g/mol. The number of anilines is 1. The number of benzene rings is 1. The molecule has 0 atom stereocenters. The largest absolute Gasteiger partial charge is 0.297 e. The first kappa shape index (κ1) is 13.2. The number of amides is 1. The van der Waals surface area contributed by atoms with Crippen LogP contribution >= 0.6 is 54.5 Å². The van der Waals surface area contributed by atoms with Gasteiger partial charge in [0.2, 0.25) is 0 Å². The second-order valence-corrected chi connectivity index (χ2v) is 7.93. The summed E-state index contributed by atoms with van der Waals surface area (Å²) in [6, 6.07) is 9.60. The highest BCUT2D eigenvalue weighted by Gasteiger charge is 2.14. The van der Waals surface area contributed by atoms with Gasteiger partial charge in [-0.25, -0.2) is 4.98 Å². The van der Waals surface area contributed by atoms with Crippen LogP contribution in [0.4, 0.5) is 5.13 Å². The Hall–Kier alpha value is -0.760. The molecule has 0 spiro atoms. The molecule has 0 saturated heterocycles. The maximum atomic E-state index is 12.1. The predicted molar refractivity (Wildman–Crippen MR) is 87.3 cm³/mol. The Bertz CT molecular complexity index is 714. The summed E-state index contributed by atoms with van der Waals surface area (Å²) in [4.78, 5) is 17.1. The Labute approximate surface area is 133 Å². The van der Waals surface area contributed by atoms with Gasteiger partial charge < -0.3 is 0 Å². The molecule has 1 amide bonds. The van der Waals surface area contributed by atoms with Crippen LogP contribution in [0, 0.1) is 0 Å². The Kier molecular flexibility index (Phi) is 3.70. The average Bonchev–Trinajstić information content (AvgIpc) is 2.93. The van der Waals surface area contributed by atoms with Crippen LogP contribution in [0.1, 0.15) is 9.67 Å². The molecule has 96 valence electrons. The van der Waals surface area contributed by atoms with E-state index < -0.39 is 0 Å². The molecule has 3 aromatic rings. The highest BCUT2D eigenvalue weighted by atomic mass is 79.9. The van der Waals surface area contributed by atoms with Crippen molar-refractivity contribution in [2.45, 2.75) is 0 Å². The lowest BCUT2D eigenvalue weighted by Crippen LogP contribution is -2.09. The number of aromatic nitrogens is 1. The molecule has 1 N–H and O–H groups in total. The smallest absolute Gasteiger partial charge is 0.267 e. The van der Waals surface area contributed by atoms with Crippen molar-refractivity contribution in [1.29, 1.82) is 0 Å². The van der Waals surface area contributed by atoms with Crippen LogP contribution in [0.5, 0.6) is 0 Å². The molecule has 1 aromatic carbocycles. The molecule has 0 bridgehead atoms. The Morgan fingerprint density at radius 3 is 2.68 bits per heavy atom. The third-order valence-electron chi connectivity index (χ3n) is 2.38. The molecule has 0 aliphatic rings. The summed E-state index contributed by atoms with van der Waals surface area (Å²) in [5, 5.41) is 3.44. The number of fused-ring (bicyclic) bond motifs is 1. The number of nitrogens with one attached hydrogen (secondary N) is 1. The van der Waals surface area contributed by atoms with Crippen LogP contribution in [0.3, 0.4) is 0 Å². The van der Waals surface area contributed by atoms with Gasteiger partial charge in [0.05, 0.1) is 18.9 Å². The lowest BCUT2D eigenvalue weighted by molar-refractivity contribution is 0.103. The quantitative estimate of drug-likeness (QED) is 0.627. The first-order valence-electron chi connectivity index (χ1n) is 5.25. The van der Waals surface area contributed by atoms with Gasteiger partial charge in [0, 0.05) is 4.47 Å². The number of carbonyl (C=O) groups is 1. The predicted octanol–water partition coefficient (Wildman–Crippen LogP) is 5.14. The fourth-order valence-electron chi connectivity index (χ4n) is 1.54. The molecule has 0 saturated carbocycles. The number of thiophene rings is 1. The highest BCUT2D eigenvalue weighted by Crippen LogP contribution is 2.33. The molecular weight excluding hydrogens is 412 g/mol. The van der Waals surface area contributed by atoms with Crippen LogP contribution in [-0.2, 0) is 0 Å². The number of nitrogens with zero attached hydrogens (tertiary/aromatic N) is 1. The second-order valence-electron chi connectivity index (χ2n) is 3.67. The summed E-state index contributed by atoms with van der Waals surface area (Å²) in [5.74, 6) is -0.143. The summed E-state index contributed by atoms with van der Waals surface area (Å²) in [6.45, 7) is 0. The summed E-state index contributed by atoms with van der Waals surface area (Å²) in [6.07, 6.45) is 0. The van der Waals surface area contributed by atoms with E-state index in [1.165, 1.54) is 22.7 Å². The number of carbonyl (C=O) groups excluding carboxylic acids is 1. The van der Waals surface area contributed by atoms with Crippen LogP contribution in [0.15, 0.2) is 38.6 Å². The molecule has 0 unspecified atom stereocenters. The first-order valence-corrected chi connectivity index (χ1v) is 8.47. The maximum Gasteiger partial charge on any atom is 0.267 e. The van der Waals surface area contributed by atoms with E-state index in [0.29, 0.717) is 10.0 Å². The summed E-state index contributed by atoms with van der Waals surface area (Å²) >= 11 is 9.60. The zero-order valence-corrected chi connectivity index (χ0v) is 14.1. The summed E-state index contributed by atoms with van der Waals surface area (Å²) < 4.78 is 2.85. The van der Waals surface area contributed by atoms with Gasteiger partial charge in [0.25, 0.3) is 5.91 Å². The molecule has 0 fully saturated rings. The molecule has 2 heterocycles. The summed E-state index contributed by atoms with van der Waals surface area (Å²) in [7, 11) is 0. The maximum absolute atomic E-state index is 12.1. The van der Waals surface area contributed by atoms with Gasteiger partial charge in [-0.15, -0.1) is 11.3 Å². The molecule has 7 heteroatoms. The average molecular weight is 418 g/mol. The number of halogens is 2. The zero-order valence-electron chi connectivity index (χ0n) is 9.31. The number of thiazole rings is 1. The normalized spacial score (nSPS) is 10.8. The van der Waals surface area contributed by atoms with Crippen molar-refractivity contribution >= 4 is 75.8 Å². The minimum Gasteiger partial charge on any atom is -0.297 e. The van der Waals surface area contributed by atoms with Crippen molar-refractivity contribution in [2.24, 2.45) is 0 Å². The number of rotatable bonds is 2. The third kappa shape index (κ3) is 2.74. The Morgan fingerprint density at radius 1 is 1.21 bits per heavy atom. The van der Waals surface area contributed by atoms with Gasteiger partial charge >= 0.3 is 0 Å². The summed E-state index contributed by atoms with van der Waals surface area (Å²) in [5.41, 5.74) is 0.899. The topological polar surface area (TPSA) is 42.0 Å². The van der Waals surface area contributed by atoms with E-state index in [9.17, 15) is 4.79 Å². The van der Waals surface area contributed by atoms with Crippen LogP contribution in [0.2, 0.25) is 0 Å². The van der Waals surface area contributed by atoms with Crippen LogP contribution in [-0.4, -0.2) is 10.9 Å².